The monoisotopic (exact) mass is 270 g/mol. The molecule has 0 N–H and O–H groups in total. The maximum atomic E-state index is 6.63. The SMILES string of the molecule is Cc1cc(Cl)c(C)c2c1CCC(C)(C)CC2Cl. The molecule has 1 aromatic rings. The van der Waals surface area contributed by atoms with Gasteiger partial charge in [0.25, 0.3) is 0 Å². The van der Waals surface area contributed by atoms with Crippen LogP contribution in [0.2, 0.25) is 5.02 Å². The van der Waals surface area contributed by atoms with Crippen LogP contribution in [0.1, 0.15) is 54.3 Å². The van der Waals surface area contributed by atoms with Crippen LogP contribution in [-0.2, 0) is 6.42 Å². The molecule has 0 bridgehead atoms. The van der Waals surface area contributed by atoms with E-state index in [1.165, 1.54) is 28.7 Å². The molecule has 1 aliphatic rings. The lowest BCUT2D eigenvalue weighted by atomic mass is 9.84. The highest BCUT2D eigenvalue weighted by molar-refractivity contribution is 6.31. The molecule has 0 radical (unpaired) electrons. The first-order valence-electron chi connectivity index (χ1n) is 6.24. The predicted octanol–water partition coefficient (Wildman–Crippen LogP) is 5.60. The highest BCUT2D eigenvalue weighted by atomic mass is 35.5. The molecule has 1 unspecified atom stereocenters. The van der Waals surface area contributed by atoms with Gasteiger partial charge in [-0.15, -0.1) is 11.6 Å². The lowest BCUT2D eigenvalue weighted by molar-refractivity contribution is 0.313. The molecular weight excluding hydrogens is 251 g/mol. The van der Waals surface area contributed by atoms with Crippen LogP contribution in [0.4, 0.5) is 0 Å². The quantitative estimate of drug-likeness (QED) is 0.425. The lowest BCUT2D eigenvalue weighted by Gasteiger charge is -2.24. The van der Waals surface area contributed by atoms with Crippen molar-refractivity contribution in [1.29, 1.82) is 0 Å². The molecule has 94 valence electrons. The van der Waals surface area contributed by atoms with Crippen molar-refractivity contribution in [3.05, 3.63) is 33.3 Å². The zero-order chi connectivity index (χ0) is 12.8. The van der Waals surface area contributed by atoms with Crippen molar-refractivity contribution in [2.24, 2.45) is 5.41 Å². The van der Waals surface area contributed by atoms with Crippen molar-refractivity contribution in [3.63, 3.8) is 0 Å². The van der Waals surface area contributed by atoms with E-state index in [-0.39, 0.29) is 5.38 Å². The van der Waals surface area contributed by atoms with Crippen molar-refractivity contribution >= 4 is 23.2 Å². The molecule has 17 heavy (non-hydrogen) atoms. The summed E-state index contributed by atoms with van der Waals surface area (Å²) in [5.41, 5.74) is 5.50. The highest BCUT2D eigenvalue weighted by Gasteiger charge is 2.30. The van der Waals surface area contributed by atoms with Gasteiger partial charge in [0.05, 0.1) is 5.38 Å². The van der Waals surface area contributed by atoms with Gasteiger partial charge in [0, 0.05) is 5.02 Å². The first-order valence-corrected chi connectivity index (χ1v) is 7.06. The number of rotatable bonds is 0. The minimum atomic E-state index is 0.0971. The van der Waals surface area contributed by atoms with Gasteiger partial charge in [0.15, 0.2) is 0 Å². The van der Waals surface area contributed by atoms with E-state index in [9.17, 15) is 0 Å². The van der Waals surface area contributed by atoms with E-state index in [0.29, 0.717) is 5.41 Å². The fourth-order valence-electron chi connectivity index (χ4n) is 2.86. The average Bonchev–Trinajstić information content (AvgIpc) is 2.31. The average molecular weight is 271 g/mol. The molecular formula is C15H20Cl2. The van der Waals surface area contributed by atoms with Crippen molar-refractivity contribution in [2.45, 2.75) is 52.3 Å². The van der Waals surface area contributed by atoms with Crippen molar-refractivity contribution in [1.82, 2.24) is 0 Å². The number of benzene rings is 1. The Kier molecular flexibility index (Phi) is 3.49. The molecule has 0 fully saturated rings. The Bertz CT molecular complexity index is 447. The summed E-state index contributed by atoms with van der Waals surface area (Å²) in [6.07, 6.45) is 3.35. The second-order valence-corrected chi connectivity index (χ2v) is 6.96. The molecule has 0 saturated carbocycles. The van der Waals surface area contributed by atoms with Crippen LogP contribution in [0.25, 0.3) is 0 Å². The number of fused-ring (bicyclic) bond motifs is 1. The van der Waals surface area contributed by atoms with Gasteiger partial charge in [-0.3, -0.25) is 0 Å². The second-order valence-electron chi connectivity index (χ2n) is 6.03. The molecule has 0 saturated heterocycles. The summed E-state index contributed by atoms with van der Waals surface area (Å²) in [5, 5.41) is 0.950. The van der Waals surface area contributed by atoms with Crippen molar-refractivity contribution in [2.75, 3.05) is 0 Å². The van der Waals surface area contributed by atoms with Crippen LogP contribution in [0, 0.1) is 19.3 Å². The summed E-state index contributed by atoms with van der Waals surface area (Å²) in [6.45, 7) is 8.85. The van der Waals surface area contributed by atoms with E-state index in [1.54, 1.807) is 0 Å². The van der Waals surface area contributed by atoms with E-state index in [2.05, 4.69) is 33.8 Å². The minimum Gasteiger partial charge on any atom is -0.118 e. The molecule has 0 aromatic heterocycles. The van der Waals surface area contributed by atoms with Gasteiger partial charge < -0.3 is 0 Å². The standard InChI is InChI=1S/C15H20Cl2/c1-9-7-12(16)10(2)14-11(9)5-6-15(3,4)8-13(14)17/h7,13H,5-6,8H2,1-4H3. The predicted molar refractivity (Wildman–Crippen MR) is 76.2 cm³/mol. The number of hydrogen-bond donors (Lipinski definition) is 0. The Hall–Kier alpha value is -0.200. The first kappa shape index (κ1) is 13.2. The fraction of sp³-hybridized carbons (Fsp3) is 0.600. The third-order valence-corrected chi connectivity index (χ3v) is 4.77. The fourth-order valence-corrected chi connectivity index (χ4v) is 3.84. The maximum absolute atomic E-state index is 6.63. The molecule has 2 heteroatoms. The number of halogens is 2. The third kappa shape index (κ3) is 2.48. The van der Waals surface area contributed by atoms with Crippen LogP contribution in [0.15, 0.2) is 6.07 Å². The molecule has 0 aliphatic heterocycles. The van der Waals surface area contributed by atoms with E-state index in [0.717, 1.165) is 17.9 Å². The van der Waals surface area contributed by atoms with Crippen molar-refractivity contribution < 1.29 is 0 Å². The molecule has 1 aromatic carbocycles. The van der Waals surface area contributed by atoms with Crippen LogP contribution in [0.3, 0.4) is 0 Å². The van der Waals surface area contributed by atoms with Gasteiger partial charge in [-0.2, -0.15) is 0 Å². The zero-order valence-electron chi connectivity index (χ0n) is 11.0. The minimum absolute atomic E-state index is 0.0971. The lowest BCUT2D eigenvalue weighted by Crippen LogP contribution is -2.11. The molecule has 0 amide bonds. The maximum Gasteiger partial charge on any atom is 0.0596 e. The number of hydrogen-bond acceptors (Lipinski definition) is 0. The Morgan fingerprint density at radius 1 is 1.29 bits per heavy atom. The molecule has 1 atom stereocenters. The molecule has 0 spiro atoms. The van der Waals surface area contributed by atoms with Crippen LogP contribution in [0.5, 0.6) is 0 Å². The van der Waals surface area contributed by atoms with E-state index < -0.39 is 0 Å². The first-order chi connectivity index (χ1) is 7.82. The summed E-state index contributed by atoms with van der Waals surface area (Å²) < 4.78 is 0. The Balaban J connectivity index is 2.59. The van der Waals surface area contributed by atoms with E-state index in [4.69, 9.17) is 23.2 Å². The van der Waals surface area contributed by atoms with E-state index >= 15 is 0 Å². The Morgan fingerprint density at radius 3 is 2.59 bits per heavy atom. The summed E-state index contributed by atoms with van der Waals surface area (Å²) in [6, 6.07) is 2.08. The molecule has 0 nitrogen and oxygen atoms in total. The topological polar surface area (TPSA) is 0 Å². The van der Waals surface area contributed by atoms with Gasteiger partial charge in [-0.25, -0.2) is 0 Å². The molecule has 1 aliphatic carbocycles. The number of alkyl halides is 1. The van der Waals surface area contributed by atoms with E-state index in [1.807, 2.05) is 0 Å². The van der Waals surface area contributed by atoms with Gasteiger partial charge >= 0.3 is 0 Å². The van der Waals surface area contributed by atoms with Gasteiger partial charge in [-0.1, -0.05) is 25.4 Å². The summed E-state index contributed by atoms with van der Waals surface area (Å²) in [4.78, 5) is 0. The molecule has 0 heterocycles. The zero-order valence-corrected chi connectivity index (χ0v) is 12.5. The third-order valence-electron chi connectivity index (χ3n) is 4.00. The Morgan fingerprint density at radius 2 is 1.94 bits per heavy atom. The second kappa shape index (κ2) is 4.48. The Labute approximate surface area is 114 Å². The normalized spacial score (nSPS) is 23.1. The van der Waals surface area contributed by atoms with Crippen LogP contribution in [-0.4, -0.2) is 0 Å². The number of aryl methyl sites for hydroxylation is 1. The largest absolute Gasteiger partial charge is 0.118 e. The molecule has 2 rings (SSSR count). The van der Waals surface area contributed by atoms with Crippen LogP contribution < -0.4 is 0 Å². The van der Waals surface area contributed by atoms with Gasteiger partial charge in [0.2, 0.25) is 0 Å². The van der Waals surface area contributed by atoms with Crippen molar-refractivity contribution in [3.8, 4) is 0 Å². The smallest absolute Gasteiger partial charge is 0.0596 e. The van der Waals surface area contributed by atoms with Crippen LogP contribution >= 0.6 is 23.2 Å². The summed E-state index contributed by atoms with van der Waals surface area (Å²) >= 11 is 12.9. The highest BCUT2D eigenvalue weighted by Crippen LogP contribution is 2.45. The van der Waals surface area contributed by atoms with Gasteiger partial charge in [0.1, 0.15) is 0 Å². The summed E-state index contributed by atoms with van der Waals surface area (Å²) in [5.74, 6) is 0. The summed E-state index contributed by atoms with van der Waals surface area (Å²) in [7, 11) is 0. The van der Waals surface area contributed by atoms with Gasteiger partial charge in [-0.05, 0) is 66.8 Å².